The monoisotopic (exact) mass is 172 g/mol. The topological polar surface area (TPSA) is 9.23 Å². The average Bonchev–Trinajstić information content (AvgIpc) is 2.09. The van der Waals surface area contributed by atoms with Crippen molar-refractivity contribution < 1.29 is 13.5 Å². The van der Waals surface area contributed by atoms with Crippen molar-refractivity contribution in [1.82, 2.24) is 0 Å². The second kappa shape index (κ2) is 3.52. The molecule has 1 nitrogen and oxygen atoms in total. The SMILES string of the molecule is CCc1c(OC)ccc(F)c1F. The van der Waals surface area contributed by atoms with Gasteiger partial charge in [-0.25, -0.2) is 8.78 Å². The molecule has 0 aliphatic carbocycles. The van der Waals surface area contributed by atoms with Crippen LogP contribution in [0.5, 0.6) is 5.75 Å². The van der Waals surface area contributed by atoms with E-state index in [2.05, 4.69) is 0 Å². The Morgan fingerprint density at radius 2 is 2.00 bits per heavy atom. The molecule has 0 amide bonds. The molecule has 0 radical (unpaired) electrons. The largest absolute Gasteiger partial charge is 0.496 e. The van der Waals surface area contributed by atoms with Crippen molar-refractivity contribution in [2.45, 2.75) is 13.3 Å². The van der Waals surface area contributed by atoms with Gasteiger partial charge in [0, 0.05) is 5.56 Å². The number of ether oxygens (including phenoxy) is 1. The lowest BCUT2D eigenvalue weighted by molar-refractivity contribution is 0.399. The number of halogens is 2. The molecule has 3 heteroatoms. The van der Waals surface area contributed by atoms with Crippen LogP contribution < -0.4 is 4.74 Å². The Morgan fingerprint density at radius 1 is 1.33 bits per heavy atom. The van der Waals surface area contributed by atoms with Crippen LogP contribution in [0.4, 0.5) is 8.78 Å². The number of methoxy groups -OCH3 is 1. The summed E-state index contributed by atoms with van der Waals surface area (Å²) in [4.78, 5) is 0. The van der Waals surface area contributed by atoms with E-state index >= 15 is 0 Å². The highest BCUT2D eigenvalue weighted by Crippen LogP contribution is 2.23. The highest BCUT2D eigenvalue weighted by Gasteiger charge is 2.11. The van der Waals surface area contributed by atoms with E-state index in [1.807, 2.05) is 0 Å². The van der Waals surface area contributed by atoms with Gasteiger partial charge in [-0.3, -0.25) is 0 Å². The Hall–Kier alpha value is -1.12. The molecule has 12 heavy (non-hydrogen) atoms. The molecule has 0 atom stereocenters. The van der Waals surface area contributed by atoms with E-state index in [4.69, 9.17) is 4.74 Å². The van der Waals surface area contributed by atoms with Gasteiger partial charge in [0.1, 0.15) is 5.75 Å². The van der Waals surface area contributed by atoms with Crippen LogP contribution in [0.3, 0.4) is 0 Å². The van der Waals surface area contributed by atoms with Crippen LogP contribution in [0, 0.1) is 11.6 Å². The van der Waals surface area contributed by atoms with Crippen molar-refractivity contribution in [3.63, 3.8) is 0 Å². The smallest absolute Gasteiger partial charge is 0.165 e. The highest BCUT2D eigenvalue weighted by atomic mass is 19.2. The average molecular weight is 172 g/mol. The van der Waals surface area contributed by atoms with E-state index in [-0.39, 0.29) is 5.56 Å². The Kier molecular flexibility index (Phi) is 2.63. The number of hydrogen-bond acceptors (Lipinski definition) is 1. The Balaban J connectivity index is 3.25. The van der Waals surface area contributed by atoms with Crippen molar-refractivity contribution in [3.05, 3.63) is 29.3 Å². The summed E-state index contributed by atoms with van der Waals surface area (Å²) in [7, 11) is 1.44. The molecule has 1 aromatic carbocycles. The van der Waals surface area contributed by atoms with Gasteiger partial charge in [-0.15, -0.1) is 0 Å². The number of hydrogen-bond donors (Lipinski definition) is 0. The fraction of sp³-hybridized carbons (Fsp3) is 0.333. The molecule has 66 valence electrons. The van der Waals surface area contributed by atoms with E-state index in [1.165, 1.54) is 13.2 Å². The van der Waals surface area contributed by atoms with Crippen molar-refractivity contribution in [2.24, 2.45) is 0 Å². The quantitative estimate of drug-likeness (QED) is 0.666. The first-order valence-electron chi connectivity index (χ1n) is 3.71. The predicted molar refractivity (Wildman–Crippen MR) is 42.3 cm³/mol. The maximum atomic E-state index is 13.0. The van der Waals surface area contributed by atoms with Crippen molar-refractivity contribution >= 4 is 0 Å². The highest BCUT2D eigenvalue weighted by molar-refractivity contribution is 5.35. The van der Waals surface area contributed by atoms with Crippen LogP contribution in [0.2, 0.25) is 0 Å². The van der Waals surface area contributed by atoms with Gasteiger partial charge in [0.15, 0.2) is 11.6 Å². The Labute approximate surface area is 70.0 Å². The zero-order chi connectivity index (χ0) is 9.14. The Bertz CT molecular complexity index is 284. The zero-order valence-corrected chi connectivity index (χ0v) is 7.03. The zero-order valence-electron chi connectivity index (χ0n) is 7.03. The van der Waals surface area contributed by atoms with E-state index in [0.717, 1.165) is 6.07 Å². The van der Waals surface area contributed by atoms with Gasteiger partial charge >= 0.3 is 0 Å². The maximum absolute atomic E-state index is 13.0. The van der Waals surface area contributed by atoms with Crippen LogP contribution in [0.25, 0.3) is 0 Å². The molecule has 0 spiro atoms. The van der Waals surface area contributed by atoms with Crippen LogP contribution in [-0.2, 0) is 6.42 Å². The first-order valence-corrected chi connectivity index (χ1v) is 3.71. The summed E-state index contributed by atoms with van der Waals surface area (Å²) in [6, 6.07) is 2.49. The standard InChI is InChI=1S/C9H10F2O/c1-3-6-8(12-2)5-4-7(10)9(6)11/h4-5H,3H2,1-2H3. The van der Waals surface area contributed by atoms with Crippen LogP contribution in [-0.4, -0.2) is 7.11 Å². The normalized spacial score (nSPS) is 10.0. The van der Waals surface area contributed by atoms with Crippen molar-refractivity contribution in [2.75, 3.05) is 7.11 Å². The minimum absolute atomic E-state index is 0.289. The summed E-state index contributed by atoms with van der Waals surface area (Å²) < 4.78 is 30.5. The minimum Gasteiger partial charge on any atom is -0.496 e. The van der Waals surface area contributed by atoms with E-state index in [0.29, 0.717) is 12.2 Å². The lowest BCUT2D eigenvalue weighted by atomic mass is 10.1. The van der Waals surface area contributed by atoms with Gasteiger partial charge < -0.3 is 4.74 Å². The predicted octanol–water partition coefficient (Wildman–Crippen LogP) is 2.54. The molecule has 0 aromatic heterocycles. The summed E-state index contributed by atoms with van der Waals surface area (Å²) in [6.07, 6.45) is 0.423. The van der Waals surface area contributed by atoms with Crippen LogP contribution in [0.1, 0.15) is 12.5 Å². The van der Waals surface area contributed by atoms with E-state index in [1.54, 1.807) is 6.92 Å². The summed E-state index contributed by atoms with van der Waals surface area (Å²) in [5.74, 6) is -1.24. The lowest BCUT2D eigenvalue weighted by Gasteiger charge is -2.07. The summed E-state index contributed by atoms with van der Waals surface area (Å²) in [6.45, 7) is 1.75. The molecule has 1 rings (SSSR count). The molecular weight excluding hydrogens is 162 g/mol. The second-order valence-electron chi connectivity index (χ2n) is 2.40. The van der Waals surface area contributed by atoms with E-state index in [9.17, 15) is 8.78 Å². The molecule has 0 bridgehead atoms. The molecular formula is C9H10F2O. The lowest BCUT2D eigenvalue weighted by Crippen LogP contribution is -1.97. The van der Waals surface area contributed by atoms with Crippen molar-refractivity contribution in [1.29, 1.82) is 0 Å². The maximum Gasteiger partial charge on any atom is 0.165 e. The fourth-order valence-electron chi connectivity index (χ4n) is 1.10. The molecule has 0 aliphatic heterocycles. The third-order valence-corrected chi connectivity index (χ3v) is 1.73. The van der Waals surface area contributed by atoms with Gasteiger partial charge in [0.25, 0.3) is 0 Å². The molecule has 0 aliphatic rings. The number of rotatable bonds is 2. The minimum atomic E-state index is -0.826. The molecule has 0 fully saturated rings. The molecule has 0 N–H and O–H groups in total. The summed E-state index contributed by atoms with van der Waals surface area (Å²) in [5.41, 5.74) is 0.289. The Morgan fingerprint density at radius 3 is 2.50 bits per heavy atom. The van der Waals surface area contributed by atoms with Gasteiger partial charge in [0.2, 0.25) is 0 Å². The van der Waals surface area contributed by atoms with E-state index < -0.39 is 11.6 Å². The fourth-order valence-corrected chi connectivity index (χ4v) is 1.10. The third-order valence-electron chi connectivity index (χ3n) is 1.73. The number of benzene rings is 1. The van der Waals surface area contributed by atoms with Gasteiger partial charge in [-0.1, -0.05) is 6.92 Å². The summed E-state index contributed by atoms with van der Waals surface area (Å²) >= 11 is 0. The second-order valence-corrected chi connectivity index (χ2v) is 2.40. The van der Waals surface area contributed by atoms with Gasteiger partial charge in [-0.2, -0.15) is 0 Å². The van der Waals surface area contributed by atoms with Gasteiger partial charge in [0.05, 0.1) is 7.11 Å². The summed E-state index contributed by atoms with van der Waals surface area (Å²) in [5, 5.41) is 0. The molecule has 0 heterocycles. The third kappa shape index (κ3) is 1.40. The van der Waals surface area contributed by atoms with Crippen LogP contribution in [0.15, 0.2) is 12.1 Å². The van der Waals surface area contributed by atoms with Gasteiger partial charge in [-0.05, 0) is 18.6 Å². The van der Waals surface area contributed by atoms with Crippen LogP contribution >= 0.6 is 0 Å². The molecule has 1 aromatic rings. The first kappa shape index (κ1) is 8.97. The molecule has 0 saturated carbocycles. The van der Waals surface area contributed by atoms with Crippen molar-refractivity contribution in [3.8, 4) is 5.75 Å². The molecule has 0 saturated heterocycles. The molecule has 0 unspecified atom stereocenters. The first-order chi connectivity index (χ1) is 5.70.